The van der Waals surface area contributed by atoms with E-state index in [1.54, 1.807) is 0 Å². The number of urea groups is 1. The number of aromatic nitrogens is 2. The third kappa shape index (κ3) is 4.27. The second-order valence-electron chi connectivity index (χ2n) is 7.48. The maximum Gasteiger partial charge on any atom is 0.322 e. The van der Waals surface area contributed by atoms with Crippen molar-refractivity contribution in [3.8, 4) is 11.3 Å². The van der Waals surface area contributed by atoms with Crippen LogP contribution in [0.25, 0.3) is 16.1 Å². The van der Waals surface area contributed by atoms with Crippen molar-refractivity contribution in [1.82, 2.24) is 14.7 Å². The summed E-state index contributed by atoms with van der Waals surface area (Å²) in [5.74, 6) is -1.64. The Bertz CT molecular complexity index is 1320. The van der Waals surface area contributed by atoms with Crippen molar-refractivity contribution in [3.63, 3.8) is 0 Å². The van der Waals surface area contributed by atoms with Crippen LogP contribution >= 0.6 is 11.6 Å². The minimum absolute atomic E-state index is 0.0259. The van der Waals surface area contributed by atoms with E-state index in [4.69, 9.17) is 23.9 Å². The van der Waals surface area contributed by atoms with Crippen LogP contribution in [0, 0.1) is 12.4 Å². The van der Waals surface area contributed by atoms with Gasteiger partial charge in [0, 0.05) is 11.3 Å². The van der Waals surface area contributed by atoms with Gasteiger partial charge in [-0.3, -0.25) is 9.48 Å². The van der Waals surface area contributed by atoms with Gasteiger partial charge < -0.3 is 16.0 Å². The number of nitrogens with one attached hydrogen (secondary N) is 1. The van der Waals surface area contributed by atoms with Crippen LogP contribution in [0.4, 0.5) is 29.3 Å². The van der Waals surface area contributed by atoms with Crippen molar-refractivity contribution in [1.29, 1.82) is 0 Å². The molecule has 3 amide bonds. The third-order valence-electron chi connectivity index (χ3n) is 5.34. The van der Waals surface area contributed by atoms with Gasteiger partial charge in [-0.1, -0.05) is 23.7 Å². The number of hydrogen-bond donors (Lipinski definition) is 2. The van der Waals surface area contributed by atoms with E-state index in [1.165, 1.54) is 36.4 Å². The number of amides is 3. The predicted molar refractivity (Wildman–Crippen MR) is 118 cm³/mol. The van der Waals surface area contributed by atoms with Crippen LogP contribution in [-0.4, -0.2) is 39.6 Å². The number of nitrogens with two attached hydrogens (primary N) is 1. The first-order chi connectivity index (χ1) is 16.2. The molecule has 0 unspecified atom stereocenters. The summed E-state index contributed by atoms with van der Waals surface area (Å²) in [5, 5.41) is 6.53. The molecule has 3 aromatic rings. The lowest BCUT2D eigenvalue weighted by Crippen LogP contribution is -2.45. The topological polar surface area (TPSA) is 97.6 Å². The standard InChI is InChI=1S/C22H16ClF3N6O2/c1-28-12-3-5-13(6-4-12)29-22(34)31-9-16-18(21(27)33)19(11-2-7-15(24)14(23)8-11)30-32(16)17(10-31)20(25)26/h2-8,17,20H,9-10H2,(H2,27,33)(H,29,34)/t17-/m1/s1. The first-order valence-corrected chi connectivity index (χ1v) is 10.3. The van der Waals surface area contributed by atoms with Crippen molar-refractivity contribution in [2.24, 2.45) is 5.73 Å². The van der Waals surface area contributed by atoms with Gasteiger partial charge in [-0.05, 0) is 30.3 Å². The molecule has 0 saturated carbocycles. The summed E-state index contributed by atoms with van der Waals surface area (Å²) in [6.45, 7) is 6.36. The number of alkyl halides is 2. The number of rotatable bonds is 4. The van der Waals surface area contributed by atoms with E-state index in [0.29, 0.717) is 11.4 Å². The smallest absolute Gasteiger partial charge is 0.322 e. The average molecular weight is 489 g/mol. The molecule has 34 heavy (non-hydrogen) atoms. The van der Waals surface area contributed by atoms with E-state index in [1.807, 2.05) is 0 Å². The number of fused-ring (bicyclic) bond motifs is 1. The van der Waals surface area contributed by atoms with Gasteiger partial charge in [0.15, 0.2) is 5.69 Å². The molecule has 8 nitrogen and oxygen atoms in total. The highest BCUT2D eigenvalue weighted by Crippen LogP contribution is 2.35. The number of primary amides is 1. The minimum Gasteiger partial charge on any atom is -0.365 e. The molecule has 0 saturated heterocycles. The van der Waals surface area contributed by atoms with Crippen LogP contribution in [0.5, 0.6) is 0 Å². The first-order valence-electron chi connectivity index (χ1n) is 9.87. The zero-order valence-corrected chi connectivity index (χ0v) is 18.1. The SMILES string of the molecule is [C-]#[N+]c1ccc(NC(=O)N2Cc3c(C(N)=O)c(-c4ccc(F)c(Cl)c4)nn3[C@@H](C(F)F)C2)cc1. The molecule has 2 heterocycles. The van der Waals surface area contributed by atoms with Crippen LogP contribution in [0.2, 0.25) is 5.02 Å². The van der Waals surface area contributed by atoms with Crippen molar-refractivity contribution >= 4 is 34.9 Å². The molecule has 3 N–H and O–H groups in total. The maximum atomic E-state index is 14.0. The summed E-state index contributed by atoms with van der Waals surface area (Å²) in [5.41, 5.74) is 6.33. The Morgan fingerprint density at radius 1 is 1.24 bits per heavy atom. The number of carbonyl (C=O) groups excluding carboxylic acids is 2. The molecule has 174 valence electrons. The number of hydrogen-bond acceptors (Lipinski definition) is 3. The molecule has 2 aromatic carbocycles. The molecule has 0 aliphatic carbocycles. The van der Waals surface area contributed by atoms with E-state index in [-0.39, 0.29) is 40.6 Å². The summed E-state index contributed by atoms with van der Waals surface area (Å²) in [7, 11) is 0. The molecule has 4 rings (SSSR count). The van der Waals surface area contributed by atoms with E-state index >= 15 is 0 Å². The molecule has 1 atom stereocenters. The molecule has 1 aliphatic rings. The number of benzene rings is 2. The van der Waals surface area contributed by atoms with Gasteiger partial charge in [0.2, 0.25) is 0 Å². The molecule has 1 aromatic heterocycles. The van der Waals surface area contributed by atoms with Gasteiger partial charge in [-0.25, -0.2) is 22.8 Å². The number of carbonyl (C=O) groups is 2. The number of anilines is 1. The van der Waals surface area contributed by atoms with Gasteiger partial charge in [-0.15, -0.1) is 0 Å². The lowest BCUT2D eigenvalue weighted by molar-refractivity contribution is 0.0444. The Labute approximate surface area is 196 Å². The average Bonchev–Trinajstić information content (AvgIpc) is 3.20. The Morgan fingerprint density at radius 2 is 1.94 bits per heavy atom. The highest BCUT2D eigenvalue weighted by atomic mass is 35.5. The third-order valence-corrected chi connectivity index (χ3v) is 5.63. The molecule has 12 heteroatoms. The van der Waals surface area contributed by atoms with Crippen molar-refractivity contribution < 1.29 is 22.8 Å². The Morgan fingerprint density at radius 3 is 2.53 bits per heavy atom. The second kappa shape index (κ2) is 9.07. The second-order valence-corrected chi connectivity index (χ2v) is 7.89. The lowest BCUT2D eigenvalue weighted by Gasteiger charge is -2.33. The van der Waals surface area contributed by atoms with Crippen molar-refractivity contribution in [2.45, 2.75) is 19.0 Å². The van der Waals surface area contributed by atoms with Crippen LogP contribution in [-0.2, 0) is 6.54 Å². The fourth-order valence-corrected chi connectivity index (χ4v) is 3.89. The quantitative estimate of drug-likeness (QED) is 0.514. The van der Waals surface area contributed by atoms with Gasteiger partial charge in [-0.2, -0.15) is 5.10 Å². The first kappa shape index (κ1) is 23.1. The van der Waals surface area contributed by atoms with Crippen LogP contribution in [0.15, 0.2) is 42.5 Å². The van der Waals surface area contributed by atoms with Crippen molar-refractivity contribution in [2.75, 3.05) is 11.9 Å². The summed E-state index contributed by atoms with van der Waals surface area (Å²) >= 11 is 5.84. The lowest BCUT2D eigenvalue weighted by atomic mass is 10.0. The highest BCUT2D eigenvalue weighted by Gasteiger charge is 2.38. The fraction of sp³-hybridized carbons (Fsp3) is 0.182. The molecule has 0 radical (unpaired) electrons. The van der Waals surface area contributed by atoms with E-state index in [9.17, 15) is 22.8 Å². The predicted octanol–water partition coefficient (Wildman–Crippen LogP) is 4.85. The van der Waals surface area contributed by atoms with Crippen LogP contribution < -0.4 is 11.1 Å². The van der Waals surface area contributed by atoms with Gasteiger partial charge in [0.1, 0.15) is 17.6 Å². The summed E-state index contributed by atoms with van der Waals surface area (Å²) in [6.07, 6.45) is -2.92. The molecule has 0 bridgehead atoms. The zero-order chi connectivity index (χ0) is 24.6. The molecule has 1 aliphatic heterocycles. The monoisotopic (exact) mass is 488 g/mol. The summed E-state index contributed by atoms with van der Waals surface area (Å²) in [4.78, 5) is 29.5. The van der Waals surface area contributed by atoms with Gasteiger partial charge in [0.05, 0.1) is 35.9 Å². The molecular formula is C22H16ClF3N6O2. The van der Waals surface area contributed by atoms with Crippen LogP contribution in [0.1, 0.15) is 22.1 Å². The minimum atomic E-state index is -2.92. The normalized spacial score (nSPS) is 15.1. The summed E-state index contributed by atoms with van der Waals surface area (Å²) in [6, 6.07) is 7.36. The zero-order valence-electron chi connectivity index (χ0n) is 17.3. The fourth-order valence-electron chi connectivity index (χ4n) is 3.71. The molecule has 0 spiro atoms. The van der Waals surface area contributed by atoms with E-state index < -0.39 is 30.2 Å². The van der Waals surface area contributed by atoms with Gasteiger partial charge in [0.25, 0.3) is 12.3 Å². The molecular weight excluding hydrogens is 473 g/mol. The highest BCUT2D eigenvalue weighted by molar-refractivity contribution is 6.31. The summed E-state index contributed by atoms with van der Waals surface area (Å²) < 4.78 is 42.6. The number of halogens is 4. The maximum absolute atomic E-state index is 14.0. The van der Waals surface area contributed by atoms with Crippen LogP contribution in [0.3, 0.4) is 0 Å². The largest absolute Gasteiger partial charge is 0.365 e. The van der Waals surface area contributed by atoms with E-state index in [0.717, 1.165) is 15.6 Å². The van der Waals surface area contributed by atoms with Crippen molar-refractivity contribution in [3.05, 3.63) is 76.0 Å². The Kier molecular flexibility index (Phi) is 6.17. The number of nitrogens with zero attached hydrogens (tertiary/aromatic N) is 4. The van der Waals surface area contributed by atoms with Gasteiger partial charge >= 0.3 is 6.03 Å². The Hall–Kier alpha value is -4.04. The molecule has 0 fully saturated rings. The Balaban J connectivity index is 1.72. The van der Waals surface area contributed by atoms with E-state index in [2.05, 4.69) is 15.3 Å².